The third-order valence-electron chi connectivity index (χ3n) is 2.57. The minimum Gasteiger partial charge on any atom is -0.302 e. The van der Waals surface area contributed by atoms with E-state index in [1.807, 2.05) is 0 Å². The molecule has 0 amide bonds. The Hall–Kier alpha value is -0.340. The van der Waals surface area contributed by atoms with Crippen molar-refractivity contribution in [1.82, 2.24) is 10.6 Å². The number of rotatable bonds is 5. The van der Waals surface area contributed by atoms with Crippen LogP contribution in [0, 0.1) is 11.8 Å². The summed E-state index contributed by atoms with van der Waals surface area (Å²) in [4.78, 5) is 0. The van der Waals surface area contributed by atoms with Gasteiger partial charge in [0, 0.05) is 18.8 Å². The second-order valence-electron chi connectivity index (χ2n) is 4.47. The van der Waals surface area contributed by atoms with Crippen molar-refractivity contribution in [2.24, 2.45) is 11.8 Å². The molecule has 0 spiro atoms. The Morgan fingerprint density at radius 3 is 2.23 bits per heavy atom. The maximum Gasteiger partial charge on any atom is 0.0461 e. The highest BCUT2D eigenvalue weighted by Crippen LogP contribution is 2.25. The lowest BCUT2D eigenvalue weighted by molar-refractivity contribution is 0.331. The van der Waals surface area contributed by atoms with Gasteiger partial charge in [-0.2, -0.15) is 0 Å². The molecule has 2 heteroatoms. The lowest BCUT2D eigenvalue weighted by Gasteiger charge is -2.33. The molecule has 1 aliphatic rings. The molecule has 2 nitrogen and oxygen atoms in total. The summed E-state index contributed by atoms with van der Waals surface area (Å²) in [5.74, 6) is 1.48. The first-order chi connectivity index (χ1) is 6.11. The molecule has 0 aromatic heterocycles. The molecule has 1 rings (SSSR count). The Kier molecular flexibility index (Phi) is 3.94. The molecule has 0 saturated heterocycles. The fourth-order valence-electron chi connectivity index (χ4n) is 1.57. The molecule has 1 aliphatic carbocycles. The van der Waals surface area contributed by atoms with E-state index in [1.54, 1.807) is 0 Å². The van der Waals surface area contributed by atoms with Gasteiger partial charge >= 0.3 is 0 Å². The molecular formula is C11H22N2. The van der Waals surface area contributed by atoms with Crippen LogP contribution in [-0.2, 0) is 0 Å². The third-order valence-corrected chi connectivity index (χ3v) is 2.57. The highest BCUT2D eigenvalue weighted by Gasteiger charge is 2.25. The van der Waals surface area contributed by atoms with Crippen LogP contribution in [0.3, 0.4) is 0 Å². The second-order valence-corrected chi connectivity index (χ2v) is 4.47. The molecule has 2 atom stereocenters. The molecule has 0 saturated carbocycles. The Morgan fingerprint density at radius 2 is 1.85 bits per heavy atom. The second kappa shape index (κ2) is 4.77. The number of nitrogens with one attached hydrogen (secondary N) is 2. The van der Waals surface area contributed by atoms with E-state index in [1.165, 1.54) is 0 Å². The summed E-state index contributed by atoms with van der Waals surface area (Å²) < 4.78 is 0. The monoisotopic (exact) mass is 182 g/mol. The maximum absolute atomic E-state index is 3.48. The minimum absolute atomic E-state index is 0.564. The van der Waals surface area contributed by atoms with Crippen molar-refractivity contribution in [3.63, 3.8) is 0 Å². The van der Waals surface area contributed by atoms with Crippen LogP contribution in [-0.4, -0.2) is 18.8 Å². The molecule has 0 aromatic carbocycles. The highest BCUT2D eigenvalue weighted by atomic mass is 15.1. The van der Waals surface area contributed by atoms with Crippen molar-refractivity contribution in [1.29, 1.82) is 0 Å². The van der Waals surface area contributed by atoms with Gasteiger partial charge in [-0.3, -0.25) is 5.32 Å². The molecule has 0 bridgehead atoms. The Balaban J connectivity index is 2.14. The highest BCUT2D eigenvalue weighted by molar-refractivity contribution is 5.14. The number of hydrogen-bond acceptors (Lipinski definition) is 2. The summed E-state index contributed by atoms with van der Waals surface area (Å²) in [5, 5.41) is 6.84. The van der Waals surface area contributed by atoms with Crippen LogP contribution in [0.4, 0.5) is 0 Å². The Bertz CT molecular complexity index is 173. The predicted molar refractivity (Wildman–Crippen MR) is 57.5 cm³/mol. The third kappa shape index (κ3) is 3.12. The molecule has 2 unspecified atom stereocenters. The normalized spacial score (nSPS) is 26.9. The predicted octanol–water partition coefficient (Wildman–Crippen LogP) is 1.74. The van der Waals surface area contributed by atoms with Crippen molar-refractivity contribution in [2.45, 2.75) is 39.8 Å². The fraction of sp³-hybridized carbons (Fsp3) is 0.818. The lowest BCUT2D eigenvalue weighted by Crippen LogP contribution is -2.46. The summed E-state index contributed by atoms with van der Waals surface area (Å²) in [5.41, 5.74) is 0. The van der Waals surface area contributed by atoms with Crippen LogP contribution >= 0.6 is 0 Å². The maximum atomic E-state index is 3.48. The van der Waals surface area contributed by atoms with Gasteiger partial charge in [-0.1, -0.05) is 26.0 Å². The molecule has 13 heavy (non-hydrogen) atoms. The molecule has 2 N–H and O–H groups in total. The molecule has 0 fully saturated rings. The van der Waals surface area contributed by atoms with Gasteiger partial charge in [-0.05, 0) is 25.7 Å². The standard InChI is InChI=1S/C11H22N2/c1-8(2)10-5-6-11(10)13-7-12-9(3)4/h5-6,8-13H,7H2,1-4H3. The van der Waals surface area contributed by atoms with Gasteiger partial charge in [0.15, 0.2) is 0 Å². The smallest absolute Gasteiger partial charge is 0.0461 e. The quantitative estimate of drug-likeness (QED) is 0.500. The van der Waals surface area contributed by atoms with Gasteiger partial charge in [-0.15, -0.1) is 0 Å². The SMILES string of the molecule is CC(C)NCNC1C=CC1C(C)C. The molecule has 0 aromatic rings. The van der Waals surface area contributed by atoms with Crippen LogP contribution in [0.2, 0.25) is 0 Å². The van der Waals surface area contributed by atoms with E-state index in [-0.39, 0.29) is 0 Å². The topological polar surface area (TPSA) is 24.1 Å². The van der Waals surface area contributed by atoms with Crippen LogP contribution in [0.15, 0.2) is 12.2 Å². The fourth-order valence-corrected chi connectivity index (χ4v) is 1.57. The zero-order chi connectivity index (χ0) is 9.84. The Morgan fingerprint density at radius 1 is 1.15 bits per heavy atom. The summed E-state index contributed by atoms with van der Waals surface area (Å²) >= 11 is 0. The van der Waals surface area contributed by atoms with Gasteiger partial charge in [-0.25, -0.2) is 0 Å². The van der Waals surface area contributed by atoms with Crippen LogP contribution in [0.1, 0.15) is 27.7 Å². The van der Waals surface area contributed by atoms with Gasteiger partial charge in [0.2, 0.25) is 0 Å². The molecule has 0 aliphatic heterocycles. The van der Waals surface area contributed by atoms with Gasteiger partial charge in [0.1, 0.15) is 0 Å². The first-order valence-electron chi connectivity index (χ1n) is 5.26. The van der Waals surface area contributed by atoms with E-state index in [0.29, 0.717) is 12.1 Å². The molecule has 0 radical (unpaired) electrons. The van der Waals surface area contributed by atoms with Crippen LogP contribution in [0.25, 0.3) is 0 Å². The first kappa shape index (κ1) is 10.7. The van der Waals surface area contributed by atoms with Crippen molar-refractivity contribution >= 4 is 0 Å². The molecule has 0 heterocycles. The zero-order valence-corrected chi connectivity index (χ0v) is 9.17. The van der Waals surface area contributed by atoms with Crippen molar-refractivity contribution < 1.29 is 0 Å². The number of hydrogen-bond donors (Lipinski definition) is 2. The van der Waals surface area contributed by atoms with E-state index in [2.05, 4.69) is 50.5 Å². The Labute approximate surface area is 81.8 Å². The van der Waals surface area contributed by atoms with Gasteiger partial charge in [0.25, 0.3) is 0 Å². The summed E-state index contributed by atoms with van der Waals surface area (Å²) in [6.45, 7) is 9.80. The van der Waals surface area contributed by atoms with Crippen molar-refractivity contribution in [3.05, 3.63) is 12.2 Å². The van der Waals surface area contributed by atoms with Gasteiger partial charge in [0.05, 0.1) is 0 Å². The zero-order valence-electron chi connectivity index (χ0n) is 9.17. The van der Waals surface area contributed by atoms with Crippen molar-refractivity contribution in [2.75, 3.05) is 6.67 Å². The lowest BCUT2D eigenvalue weighted by atomic mass is 9.80. The summed E-state index contributed by atoms with van der Waals surface area (Å²) in [7, 11) is 0. The average molecular weight is 182 g/mol. The molecular weight excluding hydrogens is 160 g/mol. The van der Waals surface area contributed by atoms with E-state index in [0.717, 1.165) is 18.5 Å². The first-order valence-corrected chi connectivity index (χ1v) is 5.26. The van der Waals surface area contributed by atoms with Crippen LogP contribution in [0.5, 0.6) is 0 Å². The van der Waals surface area contributed by atoms with Gasteiger partial charge < -0.3 is 5.32 Å². The van der Waals surface area contributed by atoms with E-state index in [4.69, 9.17) is 0 Å². The van der Waals surface area contributed by atoms with E-state index >= 15 is 0 Å². The van der Waals surface area contributed by atoms with E-state index < -0.39 is 0 Å². The minimum atomic E-state index is 0.564. The largest absolute Gasteiger partial charge is 0.302 e. The average Bonchev–Trinajstić information content (AvgIpc) is 1.93. The molecule has 76 valence electrons. The van der Waals surface area contributed by atoms with Crippen LogP contribution < -0.4 is 10.6 Å². The van der Waals surface area contributed by atoms with Crippen molar-refractivity contribution in [3.8, 4) is 0 Å². The summed E-state index contributed by atoms with van der Waals surface area (Å²) in [6, 6.07) is 1.15. The van der Waals surface area contributed by atoms with E-state index in [9.17, 15) is 0 Å². The summed E-state index contributed by atoms with van der Waals surface area (Å²) in [6.07, 6.45) is 4.56.